The molecule has 0 bridgehead atoms. The van der Waals surface area contributed by atoms with Gasteiger partial charge in [-0.2, -0.15) is 4.99 Å². The number of aliphatic imine (C=N–C) groups is 2. The van der Waals surface area contributed by atoms with Gasteiger partial charge in [-0.25, -0.2) is 4.99 Å². The monoisotopic (exact) mass is 719 g/mol. The third-order valence-corrected chi connectivity index (χ3v) is 11.3. The Hall–Kier alpha value is -7.24. The Morgan fingerprint density at radius 1 is 0.500 bits per heavy atom. The maximum absolute atomic E-state index is 5.31. The molecule has 1 aliphatic heterocycles. The highest BCUT2D eigenvalue weighted by atomic mass is 15.3. The number of aromatic nitrogens is 2. The minimum absolute atomic E-state index is 0.306. The molecule has 0 amide bonds. The van der Waals surface area contributed by atoms with Gasteiger partial charge < -0.3 is 9.88 Å². The van der Waals surface area contributed by atoms with Crippen LogP contribution in [-0.2, 0) is 0 Å². The van der Waals surface area contributed by atoms with E-state index in [0.717, 1.165) is 46.5 Å². The van der Waals surface area contributed by atoms with Crippen molar-refractivity contribution in [3.63, 3.8) is 0 Å². The molecule has 5 heteroatoms. The first kappa shape index (κ1) is 32.2. The van der Waals surface area contributed by atoms with Crippen LogP contribution in [0.2, 0.25) is 0 Å². The molecule has 11 rings (SSSR count). The van der Waals surface area contributed by atoms with Gasteiger partial charge in [-0.1, -0.05) is 133 Å². The van der Waals surface area contributed by atoms with Crippen molar-refractivity contribution in [2.45, 2.75) is 19.0 Å². The Morgan fingerprint density at radius 2 is 1.11 bits per heavy atom. The van der Waals surface area contributed by atoms with Crippen molar-refractivity contribution in [2.75, 3.05) is 0 Å². The first-order valence-corrected chi connectivity index (χ1v) is 19.3. The summed E-state index contributed by atoms with van der Waals surface area (Å²) in [5.74, 6) is 1.47. The van der Waals surface area contributed by atoms with Crippen LogP contribution >= 0.6 is 0 Å². The lowest BCUT2D eigenvalue weighted by molar-refractivity contribution is 0.668. The molecule has 1 unspecified atom stereocenters. The summed E-state index contributed by atoms with van der Waals surface area (Å²) >= 11 is 0. The quantitative estimate of drug-likeness (QED) is 0.189. The topological polar surface area (TPSA) is 46.6 Å². The molecule has 0 radical (unpaired) electrons. The summed E-state index contributed by atoms with van der Waals surface area (Å²) in [6.45, 7) is 0. The fourth-order valence-corrected chi connectivity index (χ4v) is 8.57. The van der Waals surface area contributed by atoms with Crippen LogP contribution in [0.25, 0.3) is 66.0 Å². The zero-order valence-corrected chi connectivity index (χ0v) is 30.7. The van der Waals surface area contributed by atoms with E-state index in [1.54, 1.807) is 0 Å². The number of allylic oxidation sites excluding steroid dienone is 4. The minimum atomic E-state index is -0.306. The zero-order valence-electron chi connectivity index (χ0n) is 30.7. The summed E-state index contributed by atoms with van der Waals surface area (Å²) in [5.41, 5.74) is 12.7. The second kappa shape index (κ2) is 13.3. The van der Waals surface area contributed by atoms with Crippen molar-refractivity contribution in [3.8, 4) is 16.8 Å². The van der Waals surface area contributed by atoms with Crippen LogP contribution in [0.15, 0.2) is 198 Å². The Morgan fingerprint density at radius 3 is 1.80 bits per heavy atom. The lowest BCUT2D eigenvalue weighted by atomic mass is 9.96. The van der Waals surface area contributed by atoms with Gasteiger partial charge in [0.05, 0.1) is 22.1 Å². The summed E-state index contributed by atoms with van der Waals surface area (Å²) in [6.07, 6.45) is 8.41. The highest BCUT2D eigenvalue weighted by molar-refractivity contribution is 6.18. The number of benzene rings is 7. The van der Waals surface area contributed by atoms with E-state index in [9.17, 15) is 0 Å². The van der Waals surface area contributed by atoms with Gasteiger partial charge in [0, 0.05) is 32.8 Å². The normalized spacial score (nSPS) is 15.6. The van der Waals surface area contributed by atoms with E-state index in [1.165, 1.54) is 54.8 Å². The second-order valence-electron chi connectivity index (χ2n) is 14.6. The molecule has 2 aromatic heterocycles. The molecule has 7 aromatic carbocycles. The summed E-state index contributed by atoms with van der Waals surface area (Å²) in [7, 11) is 0. The van der Waals surface area contributed by atoms with E-state index < -0.39 is 0 Å². The molecule has 266 valence electrons. The summed E-state index contributed by atoms with van der Waals surface area (Å²) in [5, 5.41) is 8.50. The van der Waals surface area contributed by atoms with E-state index in [-0.39, 0.29) is 6.17 Å². The Bertz CT molecular complexity index is 3100. The van der Waals surface area contributed by atoms with Gasteiger partial charge >= 0.3 is 0 Å². The van der Waals surface area contributed by atoms with Gasteiger partial charge in [0.15, 0.2) is 0 Å². The molecular weight excluding hydrogens is 683 g/mol. The predicted molar refractivity (Wildman–Crippen MR) is 234 cm³/mol. The van der Waals surface area contributed by atoms with Gasteiger partial charge in [-0.05, 0) is 95.3 Å². The zero-order chi connectivity index (χ0) is 37.0. The number of rotatable bonds is 5. The fraction of sp³-hybridized carbons (Fsp3) is 0.0588. The second-order valence-corrected chi connectivity index (χ2v) is 14.6. The molecule has 0 saturated carbocycles. The standard InChI is InChI=1S/C51H37N5/c1-4-15-34(16-5-1)36-19-14-20-39(31-36)50-52-49(35-17-6-2-7-18-35)53-51(54-50)56-46-26-13-11-24-42(46)44-33-38(28-30-48(44)56)37-27-29-47-43(32-37)41-23-10-12-25-45(41)55(47)40-21-8-3-9-22-40/h1-4,6-15,17-33,49H,5,16H2,(H,52,53,54). The van der Waals surface area contributed by atoms with Gasteiger partial charge in [-0.3, -0.25) is 4.57 Å². The number of fused-ring (bicyclic) bond motifs is 6. The molecule has 5 nitrogen and oxygen atoms in total. The molecular formula is C51H37N5. The van der Waals surface area contributed by atoms with E-state index in [4.69, 9.17) is 9.98 Å². The average Bonchev–Trinajstić information content (AvgIpc) is 3.79. The maximum atomic E-state index is 5.31. The van der Waals surface area contributed by atoms with Crippen molar-refractivity contribution in [3.05, 3.63) is 205 Å². The largest absolute Gasteiger partial charge is 0.344 e. The summed E-state index contributed by atoms with van der Waals surface area (Å²) in [4.78, 5) is 10.6. The molecule has 56 heavy (non-hydrogen) atoms. The molecule has 2 aliphatic rings. The van der Waals surface area contributed by atoms with E-state index >= 15 is 0 Å². The molecule has 0 spiro atoms. The first-order valence-electron chi connectivity index (χ1n) is 19.3. The third-order valence-electron chi connectivity index (χ3n) is 11.3. The predicted octanol–water partition coefficient (Wildman–Crippen LogP) is 12.2. The third kappa shape index (κ3) is 5.39. The lowest BCUT2D eigenvalue weighted by Gasteiger charge is -2.24. The van der Waals surface area contributed by atoms with Crippen LogP contribution in [-0.4, -0.2) is 20.9 Å². The molecule has 0 fully saturated rings. The van der Waals surface area contributed by atoms with Gasteiger partial charge in [0.25, 0.3) is 0 Å². The van der Waals surface area contributed by atoms with Crippen molar-refractivity contribution < 1.29 is 0 Å². The van der Waals surface area contributed by atoms with Crippen molar-refractivity contribution in [1.29, 1.82) is 0 Å². The molecule has 9 aromatic rings. The minimum Gasteiger partial charge on any atom is -0.344 e. The number of amidine groups is 1. The molecule has 0 saturated heterocycles. The van der Waals surface area contributed by atoms with Crippen LogP contribution in [0, 0.1) is 0 Å². The highest BCUT2D eigenvalue weighted by Gasteiger charge is 2.24. The molecule has 1 atom stereocenters. The SMILES string of the molecule is C1=CCCC(c2cccc(C3=NC(n4c5ccccc5c5cc(-c6ccc7c(c6)c6ccccc6n7-c6ccccc6)ccc54)=NC(c4ccccc4)N3)c2)=C1. The Labute approximate surface area is 324 Å². The van der Waals surface area contributed by atoms with E-state index in [0.29, 0.717) is 5.96 Å². The Balaban J connectivity index is 1.06. The van der Waals surface area contributed by atoms with Crippen LogP contribution in [0.5, 0.6) is 0 Å². The van der Waals surface area contributed by atoms with Crippen molar-refractivity contribution in [2.24, 2.45) is 9.98 Å². The number of para-hydroxylation sites is 3. The van der Waals surface area contributed by atoms with Crippen molar-refractivity contribution in [1.82, 2.24) is 14.5 Å². The lowest BCUT2D eigenvalue weighted by Crippen LogP contribution is -2.35. The fourth-order valence-electron chi connectivity index (χ4n) is 8.57. The molecule has 1 aliphatic carbocycles. The number of nitrogens with zero attached hydrogens (tertiary/aromatic N) is 4. The first-order chi connectivity index (χ1) is 27.8. The number of hydrogen-bond acceptors (Lipinski definition) is 3. The number of nitrogens with one attached hydrogen (secondary N) is 1. The summed E-state index contributed by atoms with van der Waals surface area (Å²) in [6, 6.07) is 60.8. The van der Waals surface area contributed by atoms with E-state index in [1.807, 2.05) is 6.07 Å². The van der Waals surface area contributed by atoms with Crippen LogP contribution in [0.1, 0.15) is 35.7 Å². The summed E-state index contributed by atoms with van der Waals surface area (Å²) < 4.78 is 4.60. The number of hydrogen-bond donors (Lipinski definition) is 1. The van der Waals surface area contributed by atoms with Crippen LogP contribution < -0.4 is 5.32 Å². The average molecular weight is 720 g/mol. The van der Waals surface area contributed by atoms with Crippen LogP contribution in [0.4, 0.5) is 0 Å². The smallest absolute Gasteiger partial charge is 0.234 e. The highest BCUT2D eigenvalue weighted by Crippen LogP contribution is 2.38. The van der Waals surface area contributed by atoms with Gasteiger partial charge in [-0.15, -0.1) is 0 Å². The van der Waals surface area contributed by atoms with Crippen molar-refractivity contribution >= 4 is 61.0 Å². The van der Waals surface area contributed by atoms with Gasteiger partial charge in [0.2, 0.25) is 5.96 Å². The van der Waals surface area contributed by atoms with Crippen LogP contribution in [0.3, 0.4) is 0 Å². The Kier molecular flexibility index (Phi) is 7.62. The maximum Gasteiger partial charge on any atom is 0.234 e. The molecule has 1 N–H and O–H groups in total. The molecule has 3 heterocycles. The van der Waals surface area contributed by atoms with E-state index in [2.05, 4.69) is 196 Å². The van der Waals surface area contributed by atoms with Gasteiger partial charge in [0.1, 0.15) is 12.0 Å².